The van der Waals surface area contributed by atoms with E-state index < -0.39 is 16.1 Å². The molecular weight excluding hydrogens is 602 g/mol. The molecule has 3 rings (SSSR count). The van der Waals surface area contributed by atoms with Crippen LogP contribution in [0.5, 0.6) is 11.5 Å². The highest BCUT2D eigenvalue weighted by Crippen LogP contribution is 2.30. The van der Waals surface area contributed by atoms with Gasteiger partial charge in [-0.05, 0) is 53.8 Å². The van der Waals surface area contributed by atoms with Gasteiger partial charge in [-0.2, -0.15) is 0 Å². The summed E-state index contributed by atoms with van der Waals surface area (Å²) >= 11 is 6.27. The average molecular weight is 644 g/mol. The normalized spacial score (nSPS) is 12.0. The maximum atomic E-state index is 14.0. The van der Waals surface area contributed by atoms with Crippen LogP contribution >= 0.6 is 11.6 Å². The van der Waals surface area contributed by atoms with Crippen molar-refractivity contribution in [1.82, 2.24) is 10.2 Å². The van der Waals surface area contributed by atoms with Crippen LogP contribution in [0, 0.1) is 5.92 Å². The summed E-state index contributed by atoms with van der Waals surface area (Å²) in [5.41, 5.74) is 2.09. The fourth-order valence-corrected chi connectivity index (χ4v) is 5.97. The number of benzene rings is 3. The van der Waals surface area contributed by atoms with Crippen LogP contribution in [0.2, 0.25) is 5.02 Å². The zero-order valence-corrected chi connectivity index (χ0v) is 27.5. The van der Waals surface area contributed by atoms with Crippen molar-refractivity contribution >= 4 is 39.1 Å². The molecule has 238 valence electrons. The highest BCUT2D eigenvalue weighted by molar-refractivity contribution is 7.92. The first-order chi connectivity index (χ1) is 20.9. The molecule has 0 fully saturated rings. The van der Waals surface area contributed by atoms with E-state index in [9.17, 15) is 18.0 Å². The fourth-order valence-electron chi connectivity index (χ4n) is 4.76. The SMILES string of the molecule is COc1cccc(CN(C(=O)CCCN(c2ccc(OC)c(Cl)c2)S(C)(=O)=O)[C@@H](Cc2ccccc2)C(=O)NCC(C)C)c1. The molecule has 0 radical (unpaired) electrons. The third kappa shape index (κ3) is 10.2. The monoisotopic (exact) mass is 643 g/mol. The van der Waals surface area contributed by atoms with E-state index >= 15 is 0 Å². The molecule has 44 heavy (non-hydrogen) atoms. The molecule has 0 saturated carbocycles. The smallest absolute Gasteiger partial charge is 0.243 e. The zero-order valence-electron chi connectivity index (χ0n) is 26.0. The minimum atomic E-state index is -3.68. The van der Waals surface area contributed by atoms with Crippen molar-refractivity contribution < 1.29 is 27.5 Å². The van der Waals surface area contributed by atoms with E-state index in [1.165, 1.54) is 17.5 Å². The molecule has 0 bridgehead atoms. The van der Waals surface area contributed by atoms with Gasteiger partial charge < -0.3 is 19.7 Å². The lowest BCUT2D eigenvalue weighted by atomic mass is 10.0. The number of anilines is 1. The van der Waals surface area contributed by atoms with Crippen molar-refractivity contribution in [2.24, 2.45) is 5.92 Å². The second-order valence-electron chi connectivity index (χ2n) is 11.0. The van der Waals surface area contributed by atoms with Crippen LogP contribution in [0.25, 0.3) is 0 Å². The van der Waals surface area contributed by atoms with Crippen molar-refractivity contribution in [2.45, 2.75) is 45.7 Å². The van der Waals surface area contributed by atoms with Gasteiger partial charge in [-0.3, -0.25) is 13.9 Å². The molecule has 0 unspecified atom stereocenters. The first-order valence-electron chi connectivity index (χ1n) is 14.5. The number of nitrogens with zero attached hydrogens (tertiary/aromatic N) is 2. The van der Waals surface area contributed by atoms with Gasteiger partial charge in [0, 0.05) is 32.5 Å². The number of rotatable bonds is 16. The van der Waals surface area contributed by atoms with E-state index in [4.69, 9.17) is 21.1 Å². The van der Waals surface area contributed by atoms with Crippen LogP contribution in [0.3, 0.4) is 0 Å². The summed E-state index contributed by atoms with van der Waals surface area (Å²) in [5, 5.41) is 3.28. The molecule has 3 aromatic rings. The summed E-state index contributed by atoms with van der Waals surface area (Å²) in [4.78, 5) is 29.2. The second-order valence-corrected chi connectivity index (χ2v) is 13.3. The lowest BCUT2D eigenvalue weighted by molar-refractivity contribution is -0.141. The molecule has 0 spiro atoms. The summed E-state index contributed by atoms with van der Waals surface area (Å²) < 4.78 is 37.3. The highest BCUT2D eigenvalue weighted by Gasteiger charge is 2.31. The number of hydrogen-bond donors (Lipinski definition) is 1. The molecule has 2 amide bonds. The largest absolute Gasteiger partial charge is 0.497 e. The Hall–Kier alpha value is -3.76. The predicted octanol–water partition coefficient (Wildman–Crippen LogP) is 5.32. The van der Waals surface area contributed by atoms with Crippen LogP contribution < -0.4 is 19.1 Å². The summed E-state index contributed by atoms with van der Waals surface area (Å²) in [5.74, 6) is 0.777. The molecule has 1 N–H and O–H groups in total. The van der Waals surface area contributed by atoms with Crippen LogP contribution in [0.1, 0.15) is 37.8 Å². The van der Waals surface area contributed by atoms with Gasteiger partial charge in [-0.25, -0.2) is 8.42 Å². The van der Waals surface area contributed by atoms with Gasteiger partial charge in [0.1, 0.15) is 17.5 Å². The molecule has 3 aromatic carbocycles. The topological polar surface area (TPSA) is 105 Å². The minimum Gasteiger partial charge on any atom is -0.497 e. The summed E-state index contributed by atoms with van der Waals surface area (Å²) in [6.45, 7) is 4.71. The standard InChI is InChI=1S/C33H42ClN3O6S/c1-24(2)22-35-33(39)30(20-25-11-7-6-8-12-25)36(23-26-13-9-14-28(19-26)42-3)32(38)15-10-18-37(44(5,40)41)27-16-17-31(43-4)29(34)21-27/h6-9,11-14,16-17,19,21,24,30H,10,15,18,20,22-23H2,1-5H3,(H,35,39)/t30-/m0/s1. The molecule has 1 atom stereocenters. The second kappa shape index (κ2) is 16.4. The van der Waals surface area contributed by atoms with E-state index in [1.54, 1.807) is 24.1 Å². The van der Waals surface area contributed by atoms with Gasteiger partial charge >= 0.3 is 0 Å². The molecular formula is C33H42ClN3O6S. The first-order valence-corrected chi connectivity index (χ1v) is 16.7. The number of nitrogens with one attached hydrogen (secondary N) is 1. The quantitative estimate of drug-likeness (QED) is 0.227. The minimum absolute atomic E-state index is 0.0165. The number of halogens is 1. The van der Waals surface area contributed by atoms with Crippen molar-refractivity contribution in [1.29, 1.82) is 0 Å². The molecule has 0 aliphatic carbocycles. The maximum absolute atomic E-state index is 14.0. The van der Waals surface area contributed by atoms with Gasteiger partial charge in [-0.1, -0.05) is 67.9 Å². The molecule has 0 saturated heterocycles. The van der Waals surface area contributed by atoms with Crippen molar-refractivity contribution in [3.63, 3.8) is 0 Å². The van der Waals surface area contributed by atoms with E-state index in [2.05, 4.69) is 5.32 Å². The number of carbonyl (C=O) groups is 2. The Bertz CT molecular complexity index is 1500. The van der Waals surface area contributed by atoms with Gasteiger partial charge in [0.2, 0.25) is 21.8 Å². The van der Waals surface area contributed by atoms with Gasteiger partial charge in [0.25, 0.3) is 0 Å². The van der Waals surface area contributed by atoms with Crippen LogP contribution in [-0.2, 0) is 32.6 Å². The lowest BCUT2D eigenvalue weighted by Crippen LogP contribution is -2.51. The lowest BCUT2D eigenvalue weighted by Gasteiger charge is -2.32. The number of methoxy groups -OCH3 is 2. The summed E-state index contributed by atoms with van der Waals surface area (Å²) in [6.07, 6.45) is 1.66. The molecule has 0 heterocycles. The number of carbonyl (C=O) groups excluding carboxylic acids is 2. The van der Waals surface area contributed by atoms with Crippen molar-refractivity contribution in [3.05, 3.63) is 88.9 Å². The number of hydrogen-bond acceptors (Lipinski definition) is 6. The van der Waals surface area contributed by atoms with Crippen molar-refractivity contribution in [3.8, 4) is 11.5 Å². The van der Waals surface area contributed by atoms with Crippen LogP contribution in [-0.4, -0.2) is 64.7 Å². The Morgan fingerprint density at radius 1 is 0.932 bits per heavy atom. The first kappa shape index (κ1) is 34.7. The Morgan fingerprint density at radius 2 is 1.64 bits per heavy atom. The van der Waals surface area contributed by atoms with E-state index in [1.807, 2.05) is 68.4 Å². The average Bonchev–Trinajstić information content (AvgIpc) is 2.99. The van der Waals surface area contributed by atoms with Gasteiger partial charge in [-0.15, -0.1) is 0 Å². The zero-order chi connectivity index (χ0) is 32.3. The van der Waals surface area contributed by atoms with Gasteiger partial charge in [0.15, 0.2) is 0 Å². The Kier molecular flexibility index (Phi) is 12.9. The summed E-state index contributed by atoms with van der Waals surface area (Å²) in [7, 11) is -0.633. The number of ether oxygens (including phenoxy) is 2. The fraction of sp³-hybridized carbons (Fsp3) is 0.394. The summed E-state index contributed by atoms with van der Waals surface area (Å²) in [6, 6.07) is 20.9. The Balaban J connectivity index is 1.90. The highest BCUT2D eigenvalue weighted by atomic mass is 35.5. The third-order valence-electron chi connectivity index (χ3n) is 7.02. The van der Waals surface area contributed by atoms with Crippen molar-refractivity contribution in [2.75, 3.05) is 37.9 Å². The number of amides is 2. The van der Waals surface area contributed by atoms with Crippen LogP contribution in [0.15, 0.2) is 72.8 Å². The van der Waals surface area contributed by atoms with E-state index in [0.29, 0.717) is 30.2 Å². The molecule has 9 nitrogen and oxygen atoms in total. The third-order valence-corrected chi connectivity index (χ3v) is 8.51. The van der Waals surface area contributed by atoms with E-state index in [0.717, 1.165) is 17.4 Å². The molecule has 0 aromatic heterocycles. The number of sulfonamides is 1. The predicted molar refractivity (Wildman–Crippen MR) is 175 cm³/mol. The molecule has 0 aliphatic rings. The van der Waals surface area contributed by atoms with Gasteiger partial charge in [0.05, 0.1) is 31.2 Å². The molecule has 11 heteroatoms. The molecule has 0 aliphatic heterocycles. The Labute approximate surface area is 266 Å². The van der Waals surface area contributed by atoms with E-state index in [-0.39, 0.29) is 48.7 Å². The maximum Gasteiger partial charge on any atom is 0.243 e. The van der Waals surface area contributed by atoms with Crippen LogP contribution in [0.4, 0.5) is 5.69 Å². The Morgan fingerprint density at radius 3 is 2.25 bits per heavy atom.